The summed E-state index contributed by atoms with van der Waals surface area (Å²) in [4.78, 5) is 23.7. The minimum atomic E-state index is -0.452. The highest BCUT2D eigenvalue weighted by molar-refractivity contribution is 5.87. The first kappa shape index (κ1) is 27.7. The minimum Gasteiger partial charge on any atom is -0.462 e. The standard InChI is InChI=1S/C33H36O4/c1-6-7-25-8-12-28(13-9-25)30-16-18-31(19-17-30)29-14-10-26(11-15-29)20-27(21-36-32(34)23(2)3)22-37-33(35)24(4)5/h8-19,27H,2,4,6-7,20-22H2,1,3,5H3. The van der Waals surface area contributed by atoms with Crippen LogP contribution in [0.5, 0.6) is 0 Å². The van der Waals surface area contributed by atoms with Crippen LogP contribution in [0.1, 0.15) is 38.3 Å². The van der Waals surface area contributed by atoms with Crippen molar-refractivity contribution < 1.29 is 19.1 Å². The minimum absolute atomic E-state index is 0.137. The van der Waals surface area contributed by atoms with E-state index in [4.69, 9.17) is 9.47 Å². The van der Waals surface area contributed by atoms with Crippen LogP contribution in [0.25, 0.3) is 22.3 Å². The zero-order valence-electron chi connectivity index (χ0n) is 22.1. The lowest BCUT2D eigenvalue weighted by atomic mass is 9.96. The van der Waals surface area contributed by atoms with Crippen molar-refractivity contribution in [2.75, 3.05) is 13.2 Å². The van der Waals surface area contributed by atoms with Crippen LogP contribution in [-0.2, 0) is 31.9 Å². The molecule has 0 aliphatic carbocycles. The SMILES string of the molecule is C=C(C)C(=O)OCC(COC(=O)C(=C)C)Cc1ccc(-c2ccc(-c3ccc(CCC)cc3)cc2)cc1. The average Bonchev–Trinajstić information content (AvgIpc) is 2.90. The molecule has 4 heteroatoms. The molecule has 0 unspecified atom stereocenters. The molecule has 0 atom stereocenters. The van der Waals surface area contributed by atoms with E-state index in [0.717, 1.165) is 29.5 Å². The van der Waals surface area contributed by atoms with Crippen molar-refractivity contribution in [3.63, 3.8) is 0 Å². The zero-order chi connectivity index (χ0) is 26.8. The molecule has 0 bridgehead atoms. The van der Waals surface area contributed by atoms with Crippen LogP contribution in [-0.4, -0.2) is 25.2 Å². The van der Waals surface area contributed by atoms with Crippen LogP contribution in [0.15, 0.2) is 97.1 Å². The maximum absolute atomic E-state index is 11.9. The smallest absolute Gasteiger partial charge is 0.333 e. The highest BCUT2D eigenvalue weighted by Crippen LogP contribution is 2.26. The molecule has 0 aliphatic heterocycles. The lowest BCUT2D eigenvalue weighted by molar-refractivity contribution is -0.144. The second kappa shape index (κ2) is 13.4. The van der Waals surface area contributed by atoms with Gasteiger partial charge >= 0.3 is 11.9 Å². The molecule has 3 rings (SSSR count). The predicted octanol–water partition coefficient (Wildman–Crippen LogP) is 7.37. The third-order valence-corrected chi connectivity index (χ3v) is 6.12. The first-order valence-corrected chi connectivity index (χ1v) is 12.7. The molecule has 0 fully saturated rings. The van der Waals surface area contributed by atoms with Gasteiger partial charge in [-0.2, -0.15) is 0 Å². The summed E-state index contributed by atoms with van der Waals surface area (Å²) in [5, 5.41) is 0. The Morgan fingerprint density at radius 1 is 0.649 bits per heavy atom. The van der Waals surface area contributed by atoms with Gasteiger partial charge in [-0.05, 0) is 60.1 Å². The first-order valence-electron chi connectivity index (χ1n) is 12.7. The molecule has 3 aromatic rings. The van der Waals surface area contributed by atoms with Gasteiger partial charge in [0.1, 0.15) is 0 Å². The average molecular weight is 497 g/mol. The van der Waals surface area contributed by atoms with E-state index in [0.29, 0.717) is 17.6 Å². The van der Waals surface area contributed by atoms with Gasteiger partial charge in [0, 0.05) is 17.1 Å². The Hall–Kier alpha value is -3.92. The highest BCUT2D eigenvalue weighted by Gasteiger charge is 2.17. The fraction of sp³-hybridized carbons (Fsp3) is 0.273. The van der Waals surface area contributed by atoms with Crippen LogP contribution in [0.2, 0.25) is 0 Å². The number of esters is 2. The fourth-order valence-corrected chi connectivity index (χ4v) is 3.97. The van der Waals surface area contributed by atoms with E-state index in [1.54, 1.807) is 13.8 Å². The van der Waals surface area contributed by atoms with Gasteiger partial charge in [0.05, 0.1) is 13.2 Å². The third kappa shape index (κ3) is 8.32. The topological polar surface area (TPSA) is 52.6 Å². The second-order valence-electron chi connectivity index (χ2n) is 9.55. The summed E-state index contributed by atoms with van der Waals surface area (Å²) in [5.74, 6) is -1.08. The summed E-state index contributed by atoms with van der Waals surface area (Å²) >= 11 is 0. The number of carbonyl (C=O) groups is 2. The molecule has 0 N–H and O–H groups in total. The fourth-order valence-electron chi connectivity index (χ4n) is 3.97. The summed E-state index contributed by atoms with van der Waals surface area (Å²) in [5.41, 5.74) is 7.77. The Bertz CT molecular complexity index is 1190. The molecule has 37 heavy (non-hydrogen) atoms. The molecule has 3 aromatic carbocycles. The van der Waals surface area contributed by atoms with Gasteiger partial charge in [-0.15, -0.1) is 0 Å². The summed E-state index contributed by atoms with van der Waals surface area (Å²) < 4.78 is 10.7. The van der Waals surface area contributed by atoms with Gasteiger partial charge in [0.2, 0.25) is 0 Å². The van der Waals surface area contributed by atoms with Crippen molar-refractivity contribution in [1.82, 2.24) is 0 Å². The molecule has 0 amide bonds. The maximum Gasteiger partial charge on any atom is 0.333 e. The largest absolute Gasteiger partial charge is 0.462 e. The molecule has 0 heterocycles. The van der Waals surface area contributed by atoms with Crippen LogP contribution in [0.3, 0.4) is 0 Å². The Morgan fingerprint density at radius 3 is 1.35 bits per heavy atom. The second-order valence-corrected chi connectivity index (χ2v) is 9.55. The zero-order valence-corrected chi connectivity index (χ0v) is 22.1. The third-order valence-electron chi connectivity index (χ3n) is 6.12. The van der Waals surface area contributed by atoms with Crippen molar-refractivity contribution in [3.8, 4) is 22.3 Å². The quantitative estimate of drug-likeness (QED) is 0.194. The summed E-state index contributed by atoms with van der Waals surface area (Å²) in [6.45, 7) is 12.9. The van der Waals surface area contributed by atoms with Crippen molar-refractivity contribution in [1.29, 1.82) is 0 Å². The van der Waals surface area contributed by atoms with Gasteiger partial charge in [0.25, 0.3) is 0 Å². The molecule has 4 nitrogen and oxygen atoms in total. The number of aryl methyl sites for hydroxylation is 1. The lowest BCUT2D eigenvalue weighted by Crippen LogP contribution is -2.23. The Balaban J connectivity index is 1.66. The van der Waals surface area contributed by atoms with Crippen LogP contribution in [0, 0.1) is 5.92 Å². The van der Waals surface area contributed by atoms with Crippen molar-refractivity contribution >= 4 is 11.9 Å². The normalized spacial score (nSPS) is 10.7. The molecule has 192 valence electrons. The van der Waals surface area contributed by atoms with Gasteiger partial charge in [0.15, 0.2) is 0 Å². The molecule has 0 aliphatic rings. The van der Waals surface area contributed by atoms with Crippen molar-refractivity contribution in [3.05, 3.63) is 108 Å². The molecule has 0 saturated carbocycles. The highest BCUT2D eigenvalue weighted by atomic mass is 16.5. The summed E-state index contributed by atoms with van der Waals surface area (Å²) in [6, 6.07) is 25.7. The lowest BCUT2D eigenvalue weighted by Gasteiger charge is -2.18. The molecule has 0 spiro atoms. The van der Waals surface area contributed by atoms with E-state index in [1.165, 1.54) is 16.7 Å². The summed E-state index contributed by atoms with van der Waals surface area (Å²) in [6.07, 6.45) is 2.86. The maximum atomic E-state index is 11.9. The van der Waals surface area contributed by atoms with E-state index in [-0.39, 0.29) is 19.1 Å². The molecule has 0 radical (unpaired) electrons. The number of hydrogen-bond donors (Lipinski definition) is 0. The van der Waals surface area contributed by atoms with Crippen LogP contribution < -0.4 is 0 Å². The van der Waals surface area contributed by atoms with Gasteiger partial charge in [-0.3, -0.25) is 0 Å². The molecule has 0 aromatic heterocycles. The predicted molar refractivity (Wildman–Crippen MR) is 150 cm³/mol. The van der Waals surface area contributed by atoms with Crippen molar-refractivity contribution in [2.45, 2.75) is 40.0 Å². The molecular formula is C33H36O4. The van der Waals surface area contributed by atoms with E-state index < -0.39 is 11.9 Å². The number of ether oxygens (including phenoxy) is 2. The summed E-state index contributed by atoms with van der Waals surface area (Å²) in [7, 11) is 0. The Labute approximate surface area is 220 Å². The molecule has 0 saturated heterocycles. The van der Waals surface area contributed by atoms with Crippen LogP contribution >= 0.6 is 0 Å². The van der Waals surface area contributed by atoms with Gasteiger partial charge in [-0.1, -0.05) is 99.3 Å². The molecular weight excluding hydrogens is 460 g/mol. The monoisotopic (exact) mass is 496 g/mol. The number of rotatable bonds is 12. The van der Waals surface area contributed by atoms with E-state index in [9.17, 15) is 9.59 Å². The number of benzene rings is 3. The first-order chi connectivity index (χ1) is 17.8. The van der Waals surface area contributed by atoms with E-state index >= 15 is 0 Å². The number of carbonyl (C=O) groups excluding carboxylic acids is 2. The Morgan fingerprint density at radius 2 is 1.00 bits per heavy atom. The van der Waals surface area contributed by atoms with E-state index in [2.05, 4.69) is 92.9 Å². The van der Waals surface area contributed by atoms with Crippen molar-refractivity contribution in [2.24, 2.45) is 5.92 Å². The van der Waals surface area contributed by atoms with Gasteiger partial charge < -0.3 is 9.47 Å². The van der Waals surface area contributed by atoms with Crippen LogP contribution in [0.4, 0.5) is 0 Å². The van der Waals surface area contributed by atoms with Gasteiger partial charge in [-0.25, -0.2) is 9.59 Å². The number of hydrogen-bond acceptors (Lipinski definition) is 4. The van der Waals surface area contributed by atoms with E-state index in [1.807, 2.05) is 0 Å². The Kier molecular flexibility index (Phi) is 10.0.